The lowest BCUT2D eigenvalue weighted by Crippen LogP contribution is -2.20. The van der Waals surface area contributed by atoms with Gasteiger partial charge in [-0.2, -0.15) is 0 Å². The molecule has 0 bridgehead atoms. The number of anilines is 1. The van der Waals surface area contributed by atoms with Gasteiger partial charge in [-0.15, -0.1) is 5.10 Å². The molecule has 1 aliphatic rings. The minimum atomic E-state index is -0.376. The molecule has 2 heterocycles. The second-order valence-corrected chi connectivity index (χ2v) is 8.37. The Kier molecular flexibility index (Phi) is 5.72. The molecule has 3 aromatic rings. The fourth-order valence-corrected chi connectivity index (χ4v) is 3.98. The third-order valence-corrected chi connectivity index (χ3v) is 6.04. The normalized spacial score (nSPS) is 13.8. The predicted molar refractivity (Wildman–Crippen MR) is 112 cm³/mol. The molecule has 0 aliphatic carbocycles. The van der Waals surface area contributed by atoms with Crippen LogP contribution >= 0.6 is 27.7 Å². The van der Waals surface area contributed by atoms with Crippen LogP contribution in [0.4, 0.5) is 5.69 Å². The molecule has 29 heavy (non-hydrogen) atoms. The summed E-state index contributed by atoms with van der Waals surface area (Å²) in [6, 6.07) is 11.3. The minimum absolute atomic E-state index is 0.127. The van der Waals surface area contributed by atoms with Crippen LogP contribution in [0.1, 0.15) is 18.4 Å². The summed E-state index contributed by atoms with van der Waals surface area (Å²) in [6.45, 7) is 2.90. The van der Waals surface area contributed by atoms with Gasteiger partial charge in [0.05, 0.1) is 11.6 Å². The summed E-state index contributed by atoms with van der Waals surface area (Å²) < 4.78 is 13.6. The van der Waals surface area contributed by atoms with Gasteiger partial charge in [0.25, 0.3) is 0 Å². The first-order valence-electron chi connectivity index (χ1n) is 8.91. The molecule has 0 saturated carbocycles. The summed E-state index contributed by atoms with van der Waals surface area (Å²) in [4.78, 5) is 13.8. The Morgan fingerprint density at radius 2 is 2.00 bits per heavy atom. The van der Waals surface area contributed by atoms with Crippen molar-refractivity contribution in [1.82, 2.24) is 20.2 Å². The van der Waals surface area contributed by atoms with E-state index in [4.69, 9.17) is 9.47 Å². The van der Waals surface area contributed by atoms with E-state index in [1.165, 1.54) is 11.8 Å². The van der Waals surface area contributed by atoms with Crippen LogP contribution in [0.2, 0.25) is 0 Å². The Morgan fingerprint density at radius 3 is 2.76 bits per heavy atom. The predicted octanol–water partition coefficient (Wildman–Crippen LogP) is 3.64. The first kappa shape index (κ1) is 19.7. The van der Waals surface area contributed by atoms with E-state index in [1.54, 1.807) is 11.7 Å². The molecule has 1 N–H and O–H groups in total. The van der Waals surface area contributed by atoms with E-state index in [0.29, 0.717) is 35.6 Å². The van der Waals surface area contributed by atoms with E-state index < -0.39 is 0 Å². The smallest absolute Gasteiger partial charge is 0.231 e. The number of nitrogens with zero attached hydrogens (tertiary/aromatic N) is 4. The van der Waals surface area contributed by atoms with Crippen molar-refractivity contribution in [3.05, 3.63) is 46.4 Å². The molecule has 10 heteroatoms. The van der Waals surface area contributed by atoms with Crippen molar-refractivity contribution in [3.8, 4) is 11.5 Å². The zero-order valence-electron chi connectivity index (χ0n) is 15.8. The molecular weight excluding hydrogens is 458 g/mol. The largest absolute Gasteiger partial charge is 0.486 e. The van der Waals surface area contributed by atoms with Crippen molar-refractivity contribution in [2.45, 2.75) is 22.9 Å². The molecule has 1 amide bonds. The SMILES string of the molecule is CC(C(=O)Nc1cc(Br)ccc1Sc1nnnn1C)c1ccc2c(c1)OCCO2. The second kappa shape index (κ2) is 8.42. The van der Waals surface area contributed by atoms with Gasteiger partial charge in [-0.05, 0) is 65.0 Å². The van der Waals surface area contributed by atoms with Crippen LogP contribution < -0.4 is 14.8 Å². The van der Waals surface area contributed by atoms with Gasteiger partial charge in [0.2, 0.25) is 11.1 Å². The molecule has 0 radical (unpaired) electrons. The zero-order chi connectivity index (χ0) is 20.4. The molecule has 8 nitrogen and oxygen atoms in total. The Bertz CT molecular complexity index is 1060. The van der Waals surface area contributed by atoms with Gasteiger partial charge in [-0.3, -0.25) is 4.79 Å². The highest BCUT2D eigenvalue weighted by Crippen LogP contribution is 2.36. The van der Waals surface area contributed by atoms with Crippen molar-refractivity contribution in [2.24, 2.45) is 7.05 Å². The first-order chi connectivity index (χ1) is 14.0. The average molecular weight is 476 g/mol. The Morgan fingerprint density at radius 1 is 1.21 bits per heavy atom. The molecule has 4 rings (SSSR count). The Balaban J connectivity index is 1.54. The maximum Gasteiger partial charge on any atom is 0.231 e. The lowest BCUT2D eigenvalue weighted by Gasteiger charge is -2.20. The van der Waals surface area contributed by atoms with Crippen LogP contribution in [-0.4, -0.2) is 39.3 Å². The molecular formula is C19H18BrN5O3S. The second-order valence-electron chi connectivity index (χ2n) is 6.44. The molecule has 0 spiro atoms. The van der Waals surface area contributed by atoms with E-state index >= 15 is 0 Å². The first-order valence-corrected chi connectivity index (χ1v) is 10.5. The van der Waals surface area contributed by atoms with Crippen LogP contribution in [0, 0.1) is 0 Å². The molecule has 150 valence electrons. The van der Waals surface area contributed by atoms with Gasteiger partial charge in [0, 0.05) is 16.4 Å². The molecule has 0 fully saturated rings. The van der Waals surface area contributed by atoms with Gasteiger partial charge >= 0.3 is 0 Å². The van der Waals surface area contributed by atoms with Gasteiger partial charge in [-0.1, -0.05) is 22.0 Å². The molecule has 1 aromatic heterocycles. The number of benzene rings is 2. The van der Waals surface area contributed by atoms with Crippen molar-refractivity contribution >= 4 is 39.3 Å². The number of tetrazole rings is 1. The lowest BCUT2D eigenvalue weighted by atomic mass is 9.99. The van der Waals surface area contributed by atoms with Crippen LogP contribution in [0.15, 0.2) is 50.9 Å². The van der Waals surface area contributed by atoms with Crippen LogP contribution in [0.25, 0.3) is 0 Å². The number of rotatable bonds is 5. The summed E-state index contributed by atoms with van der Waals surface area (Å²) in [5.41, 5.74) is 1.54. The summed E-state index contributed by atoms with van der Waals surface area (Å²) in [7, 11) is 1.77. The number of aromatic nitrogens is 4. The third kappa shape index (κ3) is 4.38. The van der Waals surface area contributed by atoms with E-state index in [-0.39, 0.29) is 11.8 Å². The number of ether oxygens (including phenoxy) is 2. The monoisotopic (exact) mass is 475 g/mol. The highest BCUT2D eigenvalue weighted by atomic mass is 79.9. The highest BCUT2D eigenvalue weighted by molar-refractivity contribution is 9.10. The van der Waals surface area contributed by atoms with Crippen molar-refractivity contribution < 1.29 is 14.3 Å². The van der Waals surface area contributed by atoms with Gasteiger partial charge in [0.1, 0.15) is 13.2 Å². The summed E-state index contributed by atoms with van der Waals surface area (Å²) in [5, 5.41) is 15.1. The maximum absolute atomic E-state index is 13.0. The van der Waals surface area contributed by atoms with Crippen LogP contribution in [-0.2, 0) is 11.8 Å². The summed E-state index contributed by atoms with van der Waals surface area (Å²) >= 11 is 4.84. The topological polar surface area (TPSA) is 91.2 Å². The maximum atomic E-state index is 13.0. The minimum Gasteiger partial charge on any atom is -0.486 e. The van der Waals surface area contributed by atoms with Gasteiger partial charge < -0.3 is 14.8 Å². The van der Waals surface area contributed by atoms with E-state index in [1.807, 2.05) is 43.3 Å². The van der Waals surface area contributed by atoms with Crippen LogP contribution in [0.5, 0.6) is 11.5 Å². The fraction of sp³-hybridized carbons (Fsp3) is 0.263. The molecule has 1 unspecified atom stereocenters. The standard InChI is InChI=1S/C19H18BrN5O3S/c1-11(12-3-5-15-16(9-12)28-8-7-27-15)18(26)21-14-10-13(20)4-6-17(14)29-19-22-23-24-25(19)2/h3-6,9-11H,7-8H2,1-2H3,(H,21,26). The number of carbonyl (C=O) groups is 1. The number of amides is 1. The number of halogens is 1. The van der Waals surface area contributed by atoms with Crippen molar-refractivity contribution in [2.75, 3.05) is 18.5 Å². The summed E-state index contributed by atoms with van der Waals surface area (Å²) in [5.74, 6) is 0.870. The fourth-order valence-electron chi connectivity index (χ4n) is 2.82. The summed E-state index contributed by atoms with van der Waals surface area (Å²) in [6.07, 6.45) is 0. The third-order valence-electron chi connectivity index (χ3n) is 4.44. The number of fused-ring (bicyclic) bond motifs is 1. The van der Waals surface area contributed by atoms with E-state index in [0.717, 1.165) is 14.9 Å². The number of hydrogen-bond acceptors (Lipinski definition) is 7. The number of aryl methyl sites for hydroxylation is 1. The Labute approximate surface area is 180 Å². The quantitative estimate of drug-likeness (QED) is 0.601. The molecule has 2 aromatic carbocycles. The Hall–Kier alpha value is -2.59. The van der Waals surface area contributed by atoms with Crippen molar-refractivity contribution in [3.63, 3.8) is 0 Å². The van der Waals surface area contributed by atoms with Crippen molar-refractivity contribution in [1.29, 1.82) is 0 Å². The average Bonchev–Trinajstić information content (AvgIpc) is 3.13. The highest BCUT2D eigenvalue weighted by Gasteiger charge is 2.21. The lowest BCUT2D eigenvalue weighted by molar-refractivity contribution is -0.117. The van der Waals surface area contributed by atoms with Gasteiger partial charge in [0.15, 0.2) is 11.5 Å². The van der Waals surface area contributed by atoms with Crippen LogP contribution in [0.3, 0.4) is 0 Å². The zero-order valence-corrected chi connectivity index (χ0v) is 18.2. The molecule has 1 aliphatic heterocycles. The number of nitrogens with one attached hydrogen (secondary N) is 1. The van der Waals surface area contributed by atoms with Gasteiger partial charge in [-0.25, -0.2) is 4.68 Å². The molecule has 1 atom stereocenters. The molecule has 0 saturated heterocycles. The van der Waals surface area contributed by atoms with E-state index in [2.05, 4.69) is 36.8 Å². The van der Waals surface area contributed by atoms with E-state index in [9.17, 15) is 4.79 Å². The number of carbonyl (C=O) groups excluding carboxylic acids is 1. The number of hydrogen-bond donors (Lipinski definition) is 1.